The lowest BCUT2D eigenvalue weighted by Gasteiger charge is -2.14. The number of carbonyl (C=O) groups is 2. The quantitative estimate of drug-likeness (QED) is 0.713. The second-order valence-corrected chi connectivity index (χ2v) is 4.93. The average Bonchev–Trinajstić information content (AvgIpc) is 3.02. The van der Waals surface area contributed by atoms with Crippen LogP contribution in [0.15, 0.2) is 0 Å². The van der Waals surface area contributed by atoms with Crippen LogP contribution >= 0.6 is 0 Å². The van der Waals surface area contributed by atoms with Crippen molar-refractivity contribution in [1.29, 1.82) is 0 Å². The summed E-state index contributed by atoms with van der Waals surface area (Å²) in [5.41, 5.74) is -0.640. The number of nitrogens with one attached hydrogen (secondary N) is 1. The number of carboxylic acid groups (broad SMARTS) is 1. The Kier molecular flexibility index (Phi) is 2.44. The van der Waals surface area contributed by atoms with E-state index in [1.807, 2.05) is 6.92 Å². The molecule has 4 heteroatoms. The molecule has 0 saturated heterocycles. The Balaban J connectivity index is 1.77. The summed E-state index contributed by atoms with van der Waals surface area (Å²) in [4.78, 5) is 22.5. The monoisotopic (exact) mass is 211 g/mol. The van der Waals surface area contributed by atoms with E-state index in [1.54, 1.807) is 0 Å². The summed E-state index contributed by atoms with van der Waals surface area (Å²) in [7, 11) is 0. The van der Waals surface area contributed by atoms with E-state index in [2.05, 4.69) is 5.32 Å². The fourth-order valence-corrected chi connectivity index (χ4v) is 1.84. The van der Waals surface area contributed by atoms with Crippen molar-refractivity contribution in [2.75, 3.05) is 6.54 Å². The lowest BCUT2D eigenvalue weighted by Crippen LogP contribution is -2.37. The molecule has 0 aromatic rings. The Morgan fingerprint density at radius 1 is 1.47 bits per heavy atom. The summed E-state index contributed by atoms with van der Waals surface area (Å²) in [5, 5.41) is 11.7. The number of amides is 1. The molecule has 1 amide bonds. The van der Waals surface area contributed by atoms with E-state index >= 15 is 0 Å². The summed E-state index contributed by atoms with van der Waals surface area (Å²) in [6.45, 7) is 2.23. The van der Waals surface area contributed by atoms with Crippen molar-refractivity contribution >= 4 is 11.9 Å². The van der Waals surface area contributed by atoms with Crippen LogP contribution < -0.4 is 5.32 Å². The molecule has 0 bridgehead atoms. The molecule has 2 rings (SSSR count). The van der Waals surface area contributed by atoms with E-state index < -0.39 is 11.4 Å². The largest absolute Gasteiger partial charge is 0.481 e. The second kappa shape index (κ2) is 3.51. The lowest BCUT2D eigenvalue weighted by atomic mass is 10.0. The zero-order valence-electron chi connectivity index (χ0n) is 8.95. The molecule has 0 spiro atoms. The fraction of sp³-hybridized carbons (Fsp3) is 0.818. The molecule has 84 valence electrons. The van der Waals surface area contributed by atoms with Gasteiger partial charge in [0.15, 0.2) is 0 Å². The molecular weight excluding hydrogens is 194 g/mol. The van der Waals surface area contributed by atoms with Crippen LogP contribution in [0.2, 0.25) is 0 Å². The molecule has 0 aliphatic heterocycles. The maximum Gasteiger partial charge on any atom is 0.311 e. The predicted octanol–water partition coefficient (Wildman–Crippen LogP) is 1.01. The van der Waals surface area contributed by atoms with Gasteiger partial charge >= 0.3 is 5.97 Å². The van der Waals surface area contributed by atoms with E-state index in [4.69, 9.17) is 5.11 Å². The molecular formula is C11H17NO3. The SMILES string of the molecule is CC(C(=O)NCC1(C(=O)O)CC1)C1CC1. The molecule has 2 fully saturated rings. The Bertz CT molecular complexity index is 292. The smallest absolute Gasteiger partial charge is 0.311 e. The van der Waals surface area contributed by atoms with Gasteiger partial charge < -0.3 is 10.4 Å². The van der Waals surface area contributed by atoms with Crippen molar-refractivity contribution in [3.8, 4) is 0 Å². The van der Waals surface area contributed by atoms with Crippen LogP contribution in [0.3, 0.4) is 0 Å². The van der Waals surface area contributed by atoms with Crippen LogP contribution in [0.1, 0.15) is 32.6 Å². The molecule has 0 heterocycles. The summed E-state index contributed by atoms with van der Waals surface area (Å²) in [5.74, 6) is -0.175. The highest BCUT2D eigenvalue weighted by Crippen LogP contribution is 2.45. The Morgan fingerprint density at radius 2 is 2.07 bits per heavy atom. The van der Waals surface area contributed by atoms with Crippen LogP contribution in [0.4, 0.5) is 0 Å². The van der Waals surface area contributed by atoms with E-state index in [0.717, 1.165) is 12.8 Å². The molecule has 0 aromatic heterocycles. The minimum atomic E-state index is -0.776. The molecule has 2 aliphatic rings. The average molecular weight is 211 g/mol. The van der Waals surface area contributed by atoms with Gasteiger partial charge in [0.2, 0.25) is 5.91 Å². The van der Waals surface area contributed by atoms with Gasteiger partial charge in [-0.2, -0.15) is 0 Å². The molecule has 2 saturated carbocycles. The molecule has 1 unspecified atom stereocenters. The number of hydrogen-bond donors (Lipinski definition) is 2. The number of hydrogen-bond acceptors (Lipinski definition) is 2. The molecule has 0 aromatic carbocycles. The zero-order valence-corrected chi connectivity index (χ0v) is 8.95. The first kappa shape index (κ1) is 10.5. The minimum absolute atomic E-state index is 0.0185. The summed E-state index contributed by atoms with van der Waals surface area (Å²) in [6.07, 6.45) is 3.66. The second-order valence-electron chi connectivity index (χ2n) is 4.93. The summed E-state index contributed by atoms with van der Waals surface area (Å²) >= 11 is 0. The van der Waals surface area contributed by atoms with Crippen LogP contribution in [0, 0.1) is 17.3 Å². The van der Waals surface area contributed by atoms with Gasteiger partial charge in [0.25, 0.3) is 0 Å². The highest BCUT2D eigenvalue weighted by molar-refractivity contribution is 5.82. The van der Waals surface area contributed by atoms with Gasteiger partial charge in [-0.25, -0.2) is 0 Å². The number of aliphatic carboxylic acids is 1. The highest BCUT2D eigenvalue weighted by Gasteiger charge is 2.50. The minimum Gasteiger partial charge on any atom is -0.481 e. The molecule has 2 N–H and O–H groups in total. The first-order valence-electron chi connectivity index (χ1n) is 5.56. The maximum atomic E-state index is 11.6. The van der Waals surface area contributed by atoms with Gasteiger partial charge in [-0.15, -0.1) is 0 Å². The molecule has 4 nitrogen and oxygen atoms in total. The van der Waals surface area contributed by atoms with Crippen molar-refractivity contribution in [2.45, 2.75) is 32.6 Å². The third-order valence-electron chi connectivity index (χ3n) is 3.65. The predicted molar refractivity (Wildman–Crippen MR) is 54.2 cm³/mol. The maximum absolute atomic E-state index is 11.6. The van der Waals surface area contributed by atoms with E-state index in [9.17, 15) is 9.59 Å². The van der Waals surface area contributed by atoms with E-state index in [1.165, 1.54) is 0 Å². The first-order valence-corrected chi connectivity index (χ1v) is 5.56. The van der Waals surface area contributed by atoms with Crippen molar-refractivity contribution in [3.63, 3.8) is 0 Å². The summed E-state index contributed by atoms with van der Waals surface area (Å²) in [6, 6.07) is 0. The Labute approximate surface area is 89.0 Å². The van der Waals surface area contributed by atoms with Crippen molar-refractivity contribution in [1.82, 2.24) is 5.32 Å². The number of carboxylic acids is 1. The van der Waals surface area contributed by atoms with Crippen LogP contribution in [0.5, 0.6) is 0 Å². The zero-order chi connectivity index (χ0) is 11.1. The van der Waals surface area contributed by atoms with Crippen molar-refractivity contribution < 1.29 is 14.7 Å². The van der Waals surface area contributed by atoms with Crippen LogP contribution in [-0.2, 0) is 9.59 Å². The molecule has 2 aliphatic carbocycles. The normalized spacial score (nSPS) is 24.3. The molecule has 15 heavy (non-hydrogen) atoms. The standard InChI is InChI=1S/C11H17NO3/c1-7(8-2-3-8)9(13)12-6-11(4-5-11)10(14)15/h7-8H,2-6H2,1H3,(H,12,13)(H,14,15). The van der Waals surface area contributed by atoms with E-state index in [0.29, 0.717) is 25.3 Å². The topological polar surface area (TPSA) is 66.4 Å². The Morgan fingerprint density at radius 3 is 2.47 bits per heavy atom. The Hall–Kier alpha value is -1.06. The van der Waals surface area contributed by atoms with Gasteiger partial charge in [0.1, 0.15) is 0 Å². The van der Waals surface area contributed by atoms with Gasteiger partial charge in [0, 0.05) is 12.5 Å². The van der Waals surface area contributed by atoms with Gasteiger partial charge in [-0.3, -0.25) is 9.59 Å². The van der Waals surface area contributed by atoms with Gasteiger partial charge in [-0.05, 0) is 31.6 Å². The van der Waals surface area contributed by atoms with Crippen molar-refractivity contribution in [3.05, 3.63) is 0 Å². The van der Waals surface area contributed by atoms with Crippen LogP contribution in [-0.4, -0.2) is 23.5 Å². The molecule has 1 atom stereocenters. The number of rotatable bonds is 5. The van der Waals surface area contributed by atoms with Crippen LogP contribution in [0.25, 0.3) is 0 Å². The first-order chi connectivity index (χ1) is 7.05. The van der Waals surface area contributed by atoms with Crippen molar-refractivity contribution in [2.24, 2.45) is 17.3 Å². The van der Waals surface area contributed by atoms with E-state index in [-0.39, 0.29) is 11.8 Å². The highest BCUT2D eigenvalue weighted by atomic mass is 16.4. The van der Waals surface area contributed by atoms with Gasteiger partial charge in [-0.1, -0.05) is 6.92 Å². The third kappa shape index (κ3) is 2.13. The molecule has 0 radical (unpaired) electrons. The summed E-state index contributed by atoms with van der Waals surface area (Å²) < 4.78 is 0. The number of carbonyl (C=O) groups excluding carboxylic acids is 1. The van der Waals surface area contributed by atoms with Gasteiger partial charge in [0.05, 0.1) is 5.41 Å². The fourth-order valence-electron chi connectivity index (χ4n) is 1.84. The third-order valence-corrected chi connectivity index (χ3v) is 3.65. The lowest BCUT2D eigenvalue weighted by molar-refractivity contribution is -0.143.